The summed E-state index contributed by atoms with van der Waals surface area (Å²) in [5.41, 5.74) is -0.791. The standard InChI is InChI=1S/C13H14F3NO2S/c14-13(15,16)8-5-6-11(17-7-8)20-10-4-2-1-3-9(10)12(18)19/h5-7,9-10H,1-4H2,(H,18,19). The maximum Gasteiger partial charge on any atom is 0.417 e. The number of halogens is 3. The Labute approximate surface area is 118 Å². The third kappa shape index (κ3) is 3.65. The summed E-state index contributed by atoms with van der Waals surface area (Å²) in [6, 6.07) is 2.29. The summed E-state index contributed by atoms with van der Waals surface area (Å²) >= 11 is 1.26. The molecule has 1 aromatic heterocycles. The van der Waals surface area contributed by atoms with Crippen molar-refractivity contribution in [2.45, 2.75) is 42.1 Å². The highest BCUT2D eigenvalue weighted by molar-refractivity contribution is 7.99. The van der Waals surface area contributed by atoms with E-state index in [0.29, 0.717) is 11.4 Å². The zero-order chi connectivity index (χ0) is 14.8. The molecule has 1 N–H and O–H groups in total. The summed E-state index contributed by atoms with van der Waals surface area (Å²) in [4.78, 5) is 14.9. The van der Waals surface area contributed by atoms with Gasteiger partial charge in [-0.25, -0.2) is 4.98 Å². The number of hydrogen-bond donors (Lipinski definition) is 1. The number of rotatable bonds is 3. The number of carboxylic acids is 1. The minimum absolute atomic E-state index is 0.120. The summed E-state index contributed by atoms with van der Waals surface area (Å²) in [5, 5.41) is 9.48. The number of carboxylic acid groups (broad SMARTS) is 1. The zero-order valence-corrected chi connectivity index (χ0v) is 11.4. The summed E-state index contributed by atoms with van der Waals surface area (Å²) < 4.78 is 37.3. The third-order valence-electron chi connectivity index (χ3n) is 3.36. The Morgan fingerprint density at radius 3 is 2.55 bits per heavy atom. The second kappa shape index (κ2) is 6.03. The van der Waals surface area contributed by atoms with Crippen LogP contribution in [0.15, 0.2) is 23.4 Å². The molecule has 0 radical (unpaired) electrons. The van der Waals surface area contributed by atoms with Crippen molar-refractivity contribution in [1.29, 1.82) is 0 Å². The average Bonchev–Trinajstić information content (AvgIpc) is 2.38. The first-order chi connectivity index (χ1) is 9.38. The lowest BCUT2D eigenvalue weighted by atomic mass is 9.89. The van der Waals surface area contributed by atoms with Gasteiger partial charge in [-0.05, 0) is 25.0 Å². The Bertz CT molecular complexity index is 475. The molecule has 0 spiro atoms. The van der Waals surface area contributed by atoms with E-state index in [2.05, 4.69) is 4.98 Å². The van der Waals surface area contributed by atoms with E-state index < -0.39 is 23.6 Å². The molecular formula is C13H14F3NO2S. The minimum atomic E-state index is -4.40. The molecule has 2 rings (SSSR count). The maximum atomic E-state index is 12.4. The first kappa shape index (κ1) is 15.2. The molecule has 0 aliphatic heterocycles. The van der Waals surface area contributed by atoms with E-state index in [1.807, 2.05) is 0 Å². The smallest absolute Gasteiger partial charge is 0.417 e. The fourth-order valence-electron chi connectivity index (χ4n) is 2.29. The van der Waals surface area contributed by atoms with Gasteiger partial charge in [0.15, 0.2) is 0 Å². The van der Waals surface area contributed by atoms with Gasteiger partial charge in [-0.15, -0.1) is 11.8 Å². The molecule has 1 fully saturated rings. The number of thioether (sulfide) groups is 1. The number of nitrogens with zero attached hydrogens (tertiary/aromatic N) is 1. The number of alkyl halides is 3. The predicted molar refractivity (Wildman–Crippen MR) is 68.5 cm³/mol. The SMILES string of the molecule is O=C(O)C1CCCCC1Sc1ccc(C(F)(F)F)cn1. The van der Waals surface area contributed by atoms with Gasteiger partial charge in [0.05, 0.1) is 16.5 Å². The van der Waals surface area contributed by atoms with Gasteiger partial charge < -0.3 is 5.11 Å². The molecule has 0 saturated heterocycles. The monoisotopic (exact) mass is 305 g/mol. The van der Waals surface area contributed by atoms with Crippen molar-refractivity contribution in [3.05, 3.63) is 23.9 Å². The van der Waals surface area contributed by atoms with Crippen LogP contribution in [0.4, 0.5) is 13.2 Å². The van der Waals surface area contributed by atoms with Crippen molar-refractivity contribution in [2.24, 2.45) is 5.92 Å². The normalized spacial score (nSPS) is 23.6. The molecule has 110 valence electrons. The van der Waals surface area contributed by atoms with E-state index in [4.69, 9.17) is 5.11 Å². The Balaban J connectivity index is 2.07. The van der Waals surface area contributed by atoms with Crippen LogP contribution in [0.2, 0.25) is 0 Å². The first-order valence-corrected chi connectivity index (χ1v) is 7.18. The van der Waals surface area contributed by atoms with Gasteiger partial charge in [0.2, 0.25) is 0 Å². The van der Waals surface area contributed by atoms with Crippen molar-refractivity contribution in [2.75, 3.05) is 0 Å². The minimum Gasteiger partial charge on any atom is -0.481 e. The van der Waals surface area contributed by atoms with Crippen LogP contribution in [-0.2, 0) is 11.0 Å². The van der Waals surface area contributed by atoms with Crippen LogP contribution in [-0.4, -0.2) is 21.3 Å². The van der Waals surface area contributed by atoms with Crippen molar-refractivity contribution >= 4 is 17.7 Å². The van der Waals surface area contributed by atoms with E-state index in [0.717, 1.165) is 31.5 Å². The molecule has 3 nitrogen and oxygen atoms in total. The summed E-state index contributed by atoms with van der Waals surface area (Å²) in [6.07, 6.45) is -0.403. The molecule has 2 unspecified atom stereocenters. The molecule has 1 aliphatic carbocycles. The number of pyridine rings is 1. The Morgan fingerprint density at radius 2 is 2.00 bits per heavy atom. The quantitative estimate of drug-likeness (QED) is 0.922. The number of aliphatic carboxylic acids is 1. The van der Waals surface area contributed by atoms with Crippen LogP contribution < -0.4 is 0 Å². The van der Waals surface area contributed by atoms with Gasteiger partial charge in [0.1, 0.15) is 0 Å². The lowest BCUT2D eigenvalue weighted by Gasteiger charge is -2.27. The first-order valence-electron chi connectivity index (χ1n) is 6.30. The fraction of sp³-hybridized carbons (Fsp3) is 0.538. The average molecular weight is 305 g/mol. The molecule has 1 aliphatic rings. The molecule has 7 heteroatoms. The van der Waals surface area contributed by atoms with Crippen LogP contribution in [0.5, 0.6) is 0 Å². The van der Waals surface area contributed by atoms with E-state index in [1.54, 1.807) is 0 Å². The van der Waals surface area contributed by atoms with Crippen molar-refractivity contribution in [3.63, 3.8) is 0 Å². The summed E-state index contributed by atoms with van der Waals surface area (Å²) in [5.74, 6) is -1.29. The number of aromatic nitrogens is 1. The van der Waals surface area contributed by atoms with Crippen LogP contribution in [0.1, 0.15) is 31.2 Å². The van der Waals surface area contributed by atoms with E-state index in [-0.39, 0.29) is 5.25 Å². The van der Waals surface area contributed by atoms with Crippen LogP contribution >= 0.6 is 11.8 Å². The highest BCUT2D eigenvalue weighted by Gasteiger charge is 2.33. The highest BCUT2D eigenvalue weighted by atomic mass is 32.2. The Hall–Kier alpha value is -1.24. The molecule has 0 aromatic carbocycles. The van der Waals surface area contributed by atoms with Crippen molar-refractivity contribution < 1.29 is 23.1 Å². The molecule has 1 heterocycles. The van der Waals surface area contributed by atoms with Crippen LogP contribution in [0.3, 0.4) is 0 Å². The van der Waals surface area contributed by atoms with Gasteiger partial charge in [-0.2, -0.15) is 13.2 Å². The summed E-state index contributed by atoms with van der Waals surface area (Å²) in [7, 11) is 0. The van der Waals surface area contributed by atoms with Crippen molar-refractivity contribution in [1.82, 2.24) is 4.98 Å². The molecule has 1 saturated carbocycles. The van der Waals surface area contributed by atoms with Gasteiger partial charge in [-0.1, -0.05) is 12.8 Å². The van der Waals surface area contributed by atoms with E-state index >= 15 is 0 Å². The predicted octanol–water partition coefficient (Wildman–Crippen LogP) is 3.84. The summed E-state index contributed by atoms with van der Waals surface area (Å²) in [6.45, 7) is 0. The van der Waals surface area contributed by atoms with Crippen LogP contribution in [0.25, 0.3) is 0 Å². The largest absolute Gasteiger partial charge is 0.481 e. The fourth-order valence-corrected chi connectivity index (χ4v) is 3.56. The maximum absolute atomic E-state index is 12.4. The zero-order valence-electron chi connectivity index (χ0n) is 10.6. The van der Waals surface area contributed by atoms with E-state index in [9.17, 15) is 18.0 Å². The molecule has 20 heavy (non-hydrogen) atoms. The molecular weight excluding hydrogens is 291 g/mol. The molecule has 0 bridgehead atoms. The topological polar surface area (TPSA) is 50.2 Å². The second-order valence-corrected chi connectivity index (χ2v) is 6.03. The van der Waals surface area contributed by atoms with Gasteiger partial charge >= 0.3 is 12.1 Å². The molecule has 1 aromatic rings. The second-order valence-electron chi connectivity index (χ2n) is 4.77. The number of hydrogen-bond acceptors (Lipinski definition) is 3. The Morgan fingerprint density at radius 1 is 1.30 bits per heavy atom. The molecule has 0 amide bonds. The third-order valence-corrected chi connectivity index (χ3v) is 4.71. The lowest BCUT2D eigenvalue weighted by molar-refractivity contribution is -0.142. The van der Waals surface area contributed by atoms with Gasteiger partial charge in [0.25, 0.3) is 0 Å². The van der Waals surface area contributed by atoms with Gasteiger partial charge in [0, 0.05) is 11.4 Å². The number of carbonyl (C=O) groups is 1. The van der Waals surface area contributed by atoms with E-state index in [1.165, 1.54) is 17.8 Å². The van der Waals surface area contributed by atoms with Crippen molar-refractivity contribution in [3.8, 4) is 0 Å². The lowest BCUT2D eigenvalue weighted by Crippen LogP contribution is -2.29. The molecule has 2 atom stereocenters. The van der Waals surface area contributed by atoms with Gasteiger partial charge in [-0.3, -0.25) is 4.79 Å². The Kier molecular flexibility index (Phi) is 4.57. The highest BCUT2D eigenvalue weighted by Crippen LogP contribution is 2.37. The van der Waals surface area contributed by atoms with Crippen LogP contribution in [0, 0.1) is 5.92 Å².